The van der Waals surface area contributed by atoms with Crippen LogP contribution in [0, 0.1) is 19.7 Å². The molecule has 0 amide bonds. The van der Waals surface area contributed by atoms with Gasteiger partial charge in [0.2, 0.25) is 0 Å². The molecule has 1 unspecified atom stereocenters. The van der Waals surface area contributed by atoms with Crippen LogP contribution in [0.15, 0.2) is 89.8 Å². The summed E-state index contributed by atoms with van der Waals surface area (Å²) in [7, 11) is 0. The number of aryl methyl sites for hydroxylation is 2. The number of phenolic OH excluding ortho intramolecular Hbond substituents is 1. The van der Waals surface area contributed by atoms with E-state index in [-0.39, 0.29) is 16.0 Å². The second kappa shape index (κ2) is 11.9. The molecule has 0 saturated carbocycles. The van der Waals surface area contributed by atoms with Crippen molar-refractivity contribution in [2.75, 3.05) is 0 Å². The van der Waals surface area contributed by atoms with Crippen LogP contribution >= 0.6 is 34.7 Å². The Bertz CT molecular complexity index is 1680. The number of phenols is 1. The first-order valence-electron chi connectivity index (χ1n) is 12.6. The van der Waals surface area contributed by atoms with Crippen LogP contribution in [0.4, 0.5) is 17.6 Å². The molecule has 1 heterocycles. The Hall–Kier alpha value is -3.33. The second-order valence-corrected chi connectivity index (χ2v) is 12.3. The monoisotopic (exact) mass is 613 g/mol. The van der Waals surface area contributed by atoms with Crippen LogP contribution in [-0.2, 0) is 12.6 Å². The predicted molar refractivity (Wildman–Crippen MR) is 159 cm³/mol. The van der Waals surface area contributed by atoms with E-state index in [1.165, 1.54) is 29.5 Å². The van der Waals surface area contributed by atoms with E-state index < -0.39 is 17.6 Å². The molecule has 41 heavy (non-hydrogen) atoms. The zero-order valence-corrected chi connectivity index (χ0v) is 24.4. The number of thiazole rings is 1. The Morgan fingerprint density at radius 1 is 0.878 bits per heavy atom. The third-order valence-electron chi connectivity index (χ3n) is 6.66. The molecule has 1 atom stereocenters. The Labute approximate surface area is 248 Å². The smallest absolute Gasteiger partial charge is 0.416 e. The third-order valence-corrected chi connectivity index (χ3v) is 9.63. The van der Waals surface area contributed by atoms with E-state index in [1.807, 2.05) is 50.2 Å². The first-order valence-corrected chi connectivity index (χ1v) is 14.7. The first-order chi connectivity index (χ1) is 19.5. The van der Waals surface area contributed by atoms with Crippen LogP contribution in [0.25, 0.3) is 21.7 Å². The highest BCUT2D eigenvalue weighted by Gasteiger charge is 2.30. The molecule has 0 aliphatic carbocycles. The maximum Gasteiger partial charge on any atom is 0.416 e. The van der Waals surface area contributed by atoms with Gasteiger partial charge in [-0.2, -0.15) is 13.2 Å². The van der Waals surface area contributed by atoms with Crippen molar-refractivity contribution >= 4 is 34.7 Å². The number of alkyl halides is 3. The number of hydrogen-bond acceptors (Lipinski definition) is 4. The summed E-state index contributed by atoms with van der Waals surface area (Å²) in [4.78, 5) is 6.72. The summed E-state index contributed by atoms with van der Waals surface area (Å²) in [5.74, 6) is -0.243. The molecule has 5 aromatic rings. The van der Waals surface area contributed by atoms with Crippen molar-refractivity contribution in [2.45, 2.75) is 36.6 Å². The van der Waals surface area contributed by atoms with Crippen LogP contribution in [0.3, 0.4) is 0 Å². The van der Waals surface area contributed by atoms with Crippen LogP contribution in [-0.4, -0.2) is 10.1 Å². The lowest BCUT2D eigenvalue weighted by atomic mass is 10.0. The Kier molecular flexibility index (Phi) is 8.45. The van der Waals surface area contributed by atoms with Gasteiger partial charge in [-0.15, -0.1) is 23.1 Å². The van der Waals surface area contributed by atoms with Crippen molar-refractivity contribution in [2.24, 2.45) is 0 Å². The lowest BCUT2D eigenvalue weighted by Crippen LogP contribution is -2.03. The molecule has 0 radical (unpaired) electrons. The molecule has 5 rings (SSSR count). The van der Waals surface area contributed by atoms with E-state index in [0.29, 0.717) is 17.0 Å². The van der Waals surface area contributed by atoms with Gasteiger partial charge in [-0.1, -0.05) is 54.1 Å². The van der Waals surface area contributed by atoms with Gasteiger partial charge in [-0.3, -0.25) is 0 Å². The van der Waals surface area contributed by atoms with E-state index in [9.17, 15) is 22.7 Å². The van der Waals surface area contributed by atoms with Gasteiger partial charge in [-0.25, -0.2) is 9.37 Å². The minimum Gasteiger partial charge on any atom is -0.508 e. The lowest BCUT2D eigenvalue weighted by Gasteiger charge is -2.17. The van der Waals surface area contributed by atoms with Crippen LogP contribution in [0.2, 0.25) is 5.02 Å². The van der Waals surface area contributed by atoms with Crippen molar-refractivity contribution < 1.29 is 22.7 Å². The molecule has 2 nitrogen and oxygen atoms in total. The standard InChI is InChI=1S/C32H24ClF4NOS2/c1-18-15-25(12-14-28(18)39)40-29(16-20-3-5-21(6-4-20)23-9-13-27(34)26(33)17-23)30-19(2)38-31(41-30)22-7-10-24(11-8-22)32(35,36)37/h3-15,17,29,39H,16H2,1-2H3. The Morgan fingerprint density at radius 3 is 2.17 bits per heavy atom. The maximum atomic E-state index is 13.6. The van der Waals surface area contributed by atoms with Crippen LogP contribution < -0.4 is 0 Å². The summed E-state index contributed by atoms with van der Waals surface area (Å²) in [6.07, 6.45) is -3.74. The lowest BCUT2D eigenvalue weighted by molar-refractivity contribution is -0.137. The highest BCUT2D eigenvalue weighted by atomic mass is 35.5. The van der Waals surface area contributed by atoms with E-state index in [2.05, 4.69) is 0 Å². The number of rotatable bonds is 7. The number of benzene rings is 4. The predicted octanol–water partition coefficient (Wildman–Crippen LogP) is 10.7. The summed E-state index contributed by atoms with van der Waals surface area (Å²) in [5, 5.41) is 10.7. The molecule has 210 valence electrons. The summed E-state index contributed by atoms with van der Waals surface area (Å²) in [6, 6.07) is 23.2. The molecule has 0 aliphatic heterocycles. The molecule has 1 N–H and O–H groups in total. The molecule has 1 aromatic heterocycles. The topological polar surface area (TPSA) is 33.1 Å². The van der Waals surface area contributed by atoms with Crippen molar-refractivity contribution in [3.63, 3.8) is 0 Å². The molecule has 0 saturated heterocycles. The summed E-state index contributed by atoms with van der Waals surface area (Å²) in [5.41, 5.74) is 4.30. The van der Waals surface area contributed by atoms with Gasteiger partial charge in [0, 0.05) is 20.6 Å². The van der Waals surface area contributed by atoms with Crippen molar-refractivity contribution in [3.8, 4) is 27.4 Å². The van der Waals surface area contributed by atoms with Gasteiger partial charge in [0.25, 0.3) is 0 Å². The SMILES string of the molecule is Cc1cc(SC(Cc2ccc(-c3ccc(F)c(Cl)c3)cc2)c2sc(-c3ccc(C(F)(F)F)cc3)nc2C)ccc1O. The van der Waals surface area contributed by atoms with Gasteiger partial charge in [-0.05, 0) is 85.0 Å². The molecule has 0 fully saturated rings. The van der Waals surface area contributed by atoms with E-state index >= 15 is 0 Å². The number of aromatic hydroxyl groups is 1. The van der Waals surface area contributed by atoms with Gasteiger partial charge in [0.05, 0.1) is 16.3 Å². The molecule has 0 bridgehead atoms. The quantitative estimate of drug-likeness (QED) is 0.146. The molecule has 0 aliphatic rings. The fourth-order valence-electron chi connectivity index (χ4n) is 4.41. The van der Waals surface area contributed by atoms with Gasteiger partial charge < -0.3 is 5.11 Å². The van der Waals surface area contributed by atoms with Crippen LogP contribution in [0.5, 0.6) is 5.75 Å². The van der Waals surface area contributed by atoms with Crippen molar-refractivity contribution in [1.29, 1.82) is 0 Å². The Balaban J connectivity index is 1.46. The summed E-state index contributed by atoms with van der Waals surface area (Å²) >= 11 is 9.08. The number of halogens is 5. The van der Waals surface area contributed by atoms with Crippen LogP contribution in [0.1, 0.15) is 32.5 Å². The Morgan fingerprint density at radius 2 is 1.54 bits per heavy atom. The minimum atomic E-state index is -4.40. The van der Waals surface area contributed by atoms with E-state index in [4.69, 9.17) is 16.6 Å². The fourth-order valence-corrected chi connectivity index (χ4v) is 7.20. The highest BCUT2D eigenvalue weighted by Crippen LogP contribution is 2.44. The zero-order chi connectivity index (χ0) is 29.3. The highest BCUT2D eigenvalue weighted by molar-refractivity contribution is 7.99. The number of nitrogens with zero attached hydrogens (tertiary/aromatic N) is 1. The average Bonchev–Trinajstić information content (AvgIpc) is 3.33. The largest absolute Gasteiger partial charge is 0.508 e. The summed E-state index contributed by atoms with van der Waals surface area (Å²) < 4.78 is 52.8. The fraction of sp³-hybridized carbons (Fsp3) is 0.156. The number of thioether (sulfide) groups is 1. The van der Waals surface area contributed by atoms with Gasteiger partial charge in [0.1, 0.15) is 16.6 Å². The zero-order valence-electron chi connectivity index (χ0n) is 22.0. The molecule has 4 aromatic carbocycles. The third kappa shape index (κ3) is 6.77. The first kappa shape index (κ1) is 29.2. The normalized spacial score (nSPS) is 12.5. The second-order valence-electron chi connectivity index (χ2n) is 9.63. The number of aromatic nitrogens is 1. The molecular formula is C32H24ClF4NOS2. The average molecular weight is 614 g/mol. The number of hydrogen-bond donors (Lipinski definition) is 1. The molecular weight excluding hydrogens is 590 g/mol. The molecule has 0 spiro atoms. The maximum absolute atomic E-state index is 13.6. The van der Waals surface area contributed by atoms with E-state index in [1.54, 1.807) is 30.0 Å². The van der Waals surface area contributed by atoms with Crippen molar-refractivity contribution in [1.82, 2.24) is 4.98 Å². The van der Waals surface area contributed by atoms with Crippen molar-refractivity contribution in [3.05, 3.63) is 123 Å². The minimum absolute atomic E-state index is 0.0502. The summed E-state index contributed by atoms with van der Waals surface area (Å²) in [6.45, 7) is 3.76. The van der Waals surface area contributed by atoms with Gasteiger partial charge in [0.15, 0.2) is 0 Å². The molecule has 9 heteroatoms. The van der Waals surface area contributed by atoms with E-state index in [0.717, 1.165) is 49.9 Å². The van der Waals surface area contributed by atoms with Gasteiger partial charge >= 0.3 is 6.18 Å².